The molecule has 5 nitrogen and oxygen atoms in total. The molecular weight excluding hydrogens is 360 g/mol. The van der Waals surface area contributed by atoms with Crippen LogP contribution < -0.4 is 14.8 Å². The second-order valence-corrected chi connectivity index (χ2v) is 7.21. The lowest BCUT2D eigenvalue weighted by molar-refractivity contribution is -0.0680. The number of fused-ring (bicyclic) bond motifs is 1. The fourth-order valence-electron chi connectivity index (χ4n) is 3.25. The van der Waals surface area contributed by atoms with E-state index in [-0.39, 0.29) is 0 Å². The molecule has 2 aliphatic rings. The summed E-state index contributed by atoms with van der Waals surface area (Å²) in [5.74, 6) is 1.64. The van der Waals surface area contributed by atoms with Crippen molar-refractivity contribution >= 4 is 15.9 Å². The molecule has 1 saturated heterocycles. The number of halogens is 1. The molecule has 2 aliphatic heterocycles. The molecule has 1 aromatic carbocycles. The van der Waals surface area contributed by atoms with E-state index in [1.165, 1.54) is 5.56 Å². The quantitative estimate of drug-likeness (QED) is 0.763. The molecule has 3 rings (SSSR count). The monoisotopic (exact) mass is 384 g/mol. The smallest absolute Gasteiger partial charge is 0.231 e. The van der Waals surface area contributed by atoms with Gasteiger partial charge in [0, 0.05) is 19.6 Å². The van der Waals surface area contributed by atoms with Crippen LogP contribution in [-0.2, 0) is 11.3 Å². The van der Waals surface area contributed by atoms with Crippen LogP contribution >= 0.6 is 15.9 Å². The molecular formula is C17H25BrN2O3. The van der Waals surface area contributed by atoms with Crippen molar-refractivity contribution < 1.29 is 14.2 Å². The van der Waals surface area contributed by atoms with Crippen LogP contribution in [0.15, 0.2) is 16.6 Å². The van der Waals surface area contributed by atoms with Gasteiger partial charge in [0.25, 0.3) is 0 Å². The fraction of sp³-hybridized carbons (Fsp3) is 0.647. The number of hydrogen-bond donors (Lipinski definition) is 1. The Morgan fingerprint density at radius 1 is 1.22 bits per heavy atom. The third-order valence-corrected chi connectivity index (χ3v) is 4.73. The van der Waals surface area contributed by atoms with E-state index in [1.54, 1.807) is 0 Å². The first-order valence-corrected chi connectivity index (χ1v) is 9.07. The summed E-state index contributed by atoms with van der Waals surface area (Å²) in [4.78, 5) is 2.50. The highest BCUT2D eigenvalue weighted by atomic mass is 79.9. The summed E-state index contributed by atoms with van der Waals surface area (Å²) in [5, 5.41) is 3.51. The largest absolute Gasteiger partial charge is 0.454 e. The van der Waals surface area contributed by atoms with Crippen LogP contribution in [-0.4, -0.2) is 50.1 Å². The lowest BCUT2D eigenvalue weighted by Gasteiger charge is -2.35. The summed E-state index contributed by atoms with van der Waals surface area (Å²) in [6.07, 6.45) is 1.83. The molecule has 2 heterocycles. The molecule has 6 heteroatoms. The molecule has 2 unspecified atom stereocenters. The van der Waals surface area contributed by atoms with Gasteiger partial charge in [0.05, 0.1) is 16.7 Å². The van der Waals surface area contributed by atoms with E-state index in [0.29, 0.717) is 19.0 Å². The van der Waals surface area contributed by atoms with Gasteiger partial charge in [0.1, 0.15) is 0 Å². The van der Waals surface area contributed by atoms with Crippen LogP contribution in [0.5, 0.6) is 11.5 Å². The summed E-state index contributed by atoms with van der Waals surface area (Å²) >= 11 is 3.53. The molecule has 2 atom stereocenters. The SMILES string of the molecule is CC1CN(CCCNCc2cc(Br)c3c(c2)OCO3)CC(C)O1. The van der Waals surface area contributed by atoms with Gasteiger partial charge in [-0.1, -0.05) is 0 Å². The lowest BCUT2D eigenvalue weighted by atomic mass is 10.2. The van der Waals surface area contributed by atoms with E-state index in [9.17, 15) is 0 Å². The zero-order valence-electron chi connectivity index (χ0n) is 13.8. The molecule has 1 N–H and O–H groups in total. The third kappa shape index (κ3) is 4.59. The number of nitrogens with zero attached hydrogens (tertiary/aromatic N) is 1. The maximum Gasteiger partial charge on any atom is 0.231 e. The molecule has 0 spiro atoms. The highest BCUT2D eigenvalue weighted by Crippen LogP contribution is 2.39. The van der Waals surface area contributed by atoms with Gasteiger partial charge in [0.2, 0.25) is 6.79 Å². The Hall–Kier alpha value is -0.820. The number of nitrogens with one attached hydrogen (secondary N) is 1. The van der Waals surface area contributed by atoms with Gasteiger partial charge in [0.15, 0.2) is 11.5 Å². The van der Waals surface area contributed by atoms with Gasteiger partial charge in [-0.3, -0.25) is 4.90 Å². The minimum atomic E-state index is 0.307. The van der Waals surface area contributed by atoms with Crippen LogP contribution in [0.4, 0.5) is 0 Å². The van der Waals surface area contributed by atoms with Crippen molar-refractivity contribution in [1.82, 2.24) is 10.2 Å². The van der Waals surface area contributed by atoms with Crippen molar-refractivity contribution in [3.05, 3.63) is 22.2 Å². The molecule has 0 aliphatic carbocycles. The Balaban J connectivity index is 1.38. The van der Waals surface area contributed by atoms with Crippen LogP contribution in [0.2, 0.25) is 0 Å². The van der Waals surface area contributed by atoms with Crippen molar-refractivity contribution in [2.45, 2.75) is 39.0 Å². The fourth-order valence-corrected chi connectivity index (χ4v) is 3.85. The van der Waals surface area contributed by atoms with E-state index < -0.39 is 0 Å². The Labute approximate surface area is 146 Å². The molecule has 1 fully saturated rings. The summed E-state index contributed by atoms with van der Waals surface area (Å²) < 4.78 is 17.6. The van der Waals surface area contributed by atoms with Crippen LogP contribution in [0.3, 0.4) is 0 Å². The normalized spacial score (nSPS) is 24.1. The van der Waals surface area contributed by atoms with Gasteiger partial charge in [-0.25, -0.2) is 0 Å². The van der Waals surface area contributed by atoms with Crippen molar-refractivity contribution in [3.8, 4) is 11.5 Å². The average molecular weight is 385 g/mol. The second kappa shape index (κ2) is 7.83. The summed E-state index contributed by atoms with van der Waals surface area (Å²) in [7, 11) is 0. The molecule has 0 amide bonds. The highest BCUT2D eigenvalue weighted by Gasteiger charge is 2.21. The van der Waals surface area contributed by atoms with Crippen molar-refractivity contribution in [2.75, 3.05) is 33.0 Å². The number of ether oxygens (including phenoxy) is 3. The summed E-state index contributed by atoms with van der Waals surface area (Å²) in [5.41, 5.74) is 1.20. The second-order valence-electron chi connectivity index (χ2n) is 6.36. The standard InChI is InChI=1S/C17H25BrN2O3/c1-12-9-20(10-13(2)23-12)5-3-4-19-8-14-6-15(18)17-16(7-14)21-11-22-17/h6-7,12-13,19H,3-5,8-11H2,1-2H3. The molecule has 23 heavy (non-hydrogen) atoms. The Kier molecular flexibility index (Phi) is 5.80. The van der Waals surface area contributed by atoms with Gasteiger partial charge < -0.3 is 19.5 Å². The maximum atomic E-state index is 5.77. The van der Waals surface area contributed by atoms with Gasteiger partial charge in [-0.15, -0.1) is 0 Å². The van der Waals surface area contributed by atoms with Gasteiger partial charge in [-0.2, -0.15) is 0 Å². The van der Waals surface area contributed by atoms with E-state index >= 15 is 0 Å². The van der Waals surface area contributed by atoms with Gasteiger partial charge >= 0.3 is 0 Å². The van der Waals surface area contributed by atoms with Crippen molar-refractivity contribution in [3.63, 3.8) is 0 Å². The van der Waals surface area contributed by atoms with E-state index in [0.717, 1.165) is 55.1 Å². The van der Waals surface area contributed by atoms with Gasteiger partial charge in [-0.05, 0) is 67.0 Å². The Morgan fingerprint density at radius 2 is 2.00 bits per heavy atom. The number of benzene rings is 1. The molecule has 0 radical (unpaired) electrons. The van der Waals surface area contributed by atoms with E-state index in [4.69, 9.17) is 14.2 Å². The van der Waals surface area contributed by atoms with Crippen molar-refractivity contribution in [1.29, 1.82) is 0 Å². The van der Waals surface area contributed by atoms with Crippen LogP contribution in [0, 0.1) is 0 Å². The Bertz CT molecular complexity index is 531. The first-order valence-electron chi connectivity index (χ1n) is 8.28. The zero-order chi connectivity index (χ0) is 16.2. The van der Waals surface area contributed by atoms with Crippen LogP contribution in [0.1, 0.15) is 25.8 Å². The predicted octanol–water partition coefficient (Wildman–Crippen LogP) is 2.77. The predicted molar refractivity (Wildman–Crippen MR) is 93.0 cm³/mol. The zero-order valence-corrected chi connectivity index (χ0v) is 15.4. The van der Waals surface area contributed by atoms with E-state index in [2.05, 4.69) is 46.1 Å². The number of morpholine rings is 1. The first-order chi connectivity index (χ1) is 11.1. The van der Waals surface area contributed by atoms with E-state index in [1.807, 2.05) is 6.07 Å². The minimum absolute atomic E-state index is 0.307. The van der Waals surface area contributed by atoms with Crippen LogP contribution in [0.25, 0.3) is 0 Å². The third-order valence-electron chi connectivity index (χ3n) is 4.14. The lowest BCUT2D eigenvalue weighted by Crippen LogP contribution is -2.46. The molecule has 128 valence electrons. The molecule has 0 aromatic heterocycles. The van der Waals surface area contributed by atoms with Crippen molar-refractivity contribution in [2.24, 2.45) is 0 Å². The summed E-state index contributed by atoms with van der Waals surface area (Å²) in [6.45, 7) is 9.66. The molecule has 0 bridgehead atoms. The summed E-state index contributed by atoms with van der Waals surface area (Å²) in [6, 6.07) is 4.14. The molecule has 1 aromatic rings. The Morgan fingerprint density at radius 3 is 2.78 bits per heavy atom. The minimum Gasteiger partial charge on any atom is -0.454 e. The molecule has 0 saturated carbocycles. The topological polar surface area (TPSA) is 43.0 Å². The first kappa shape index (κ1) is 17.0. The maximum absolute atomic E-state index is 5.77. The highest BCUT2D eigenvalue weighted by molar-refractivity contribution is 9.10. The number of rotatable bonds is 6. The average Bonchev–Trinajstić information content (AvgIpc) is 2.95. The number of hydrogen-bond acceptors (Lipinski definition) is 5.